The molecule has 1 atom stereocenters. The first kappa shape index (κ1) is 16.8. The standard InChI is InChI=1S/C14H17Cl2NO3/c1-9(6-14(19)20)8-17-13(18)5-3-10-2-4-11(15)7-12(10)16/h2,4,7,9H,3,5-6,8H2,1H3,(H,17,18)(H,19,20). The first-order valence-corrected chi connectivity index (χ1v) is 7.06. The summed E-state index contributed by atoms with van der Waals surface area (Å²) in [5.41, 5.74) is 0.866. The van der Waals surface area contributed by atoms with E-state index in [2.05, 4.69) is 5.32 Å². The Labute approximate surface area is 128 Å². The molecule has 1 rings (SSSR count). The van der Waals surface area contributed by atoms with Crippen molar-refractivity contribution in [1.29, 1.82) is 0 Å². The Hall–Kier alpha value is -1.26. The number of benzene rings is 1. The molecule has 0 spiro atoms. The lowest BCUT2D eigenvalue weighted by atomic mass is 10.1. The van der Waals surface area contributed by atoms with Crippen molar-refractivity contribution in [2.75, 3.05) is 6.54 Å². The third-order valence-corrected chi connectivity index (χ3v) is 3.39. The molecule has 20 heavy (non-hydrogen) atoms. The van der Waals surface area contributed by atoms with Gasteiger partial charge >= 0.3 is 5.97 Å². The second-order valence-electron chi connectivity index (χ2n) is 4.74. The van der Waals surface area contributed by atoms with Crippen molar-refractivity contribution in [3.63, 3.8) is 0 Å². The van der Waals surface area contributed by atoms with Crippen molar-refractivity contribution in [2.24, 2.45) is 5.92 Å². The molecule has 2 N–H and O–H groups in total. The van der Waals surface area contributed by atoms with Crippen LogP contribution in [-0.4, -0.2) is 23.5 Å². The highest BCUT2D eigenvalue weighted by atomic mass is 35.5. The summed E-state index contributed by atoms with van der Waals surface area (Å²) in [6.07, 6.45) is 0.875. The van der Waals surface area contributed by atoms with Crippen LogP contribution in [0.3, 0.4) is 0 Å². The normalized spacial score (nSPS) is 11.9. The van der Waals surface area contributed by atoms with Crippen LogP contribution in [0.2, 0.25) is 10.0 Å². The summed E-state index contributed by atoms with van der Waals surface area (Å²) in [7, 11) is 0. The average molecular weight is 318 g/mol. The zero-order chi connectivity index (χ0) is 15.1. The molecule has 0 aliphatic heterocycles. The van der Waals surface area contributed by atoms with Crippen molar-refractivity contribution >= 4 is 35.1 Å². The van der Waals surface area contributed by atoms with Gasteiger partial charge in [-0.25, -0.2) is 0 Å². The van der Waals surface area contributed by atoms with E-state index in [-0.39, 0.29) is 18.2 Å². The Morgan fingerprint density at radius 3 is 2.65 bits per heavy atom. The summed E-state index contributed by atoms with van der Waals surface area (Å²) in [6.45, 7) is 2.14. The fourth-order valence-electron chi connectivity index (χ4n) is 1.72. The molecule has 0 heterocycles. The number of rotatable bonds is 7. The molecular formula is C14H17Cl2NO3. The van der Waals surface area contributed by atoms with E-state index in [0.717, 1.165) is 5.56 Å². The lowest BCUT2D eigenvalue weighted by Crippen LogP contribution is -2.29. The molecule has 0 aliphatic rings. The largest absolute Gasteiger partial charge is 0.481 e. The number of hydrogen-bond donors (Lipinski definition) is 2. The zero-order valence-electron chi connectivity index (χ0n) is 11.2. The second-order valence-corrected chi connectivity index (χ2v) is 5.59. The first-order chi connectivity index (χ1) is 9.38. The third-order valence-electron chi connectivity index (χ3n) is 2.81. The second kappa shape index (κ2) is 8.12. The molecule has 6 heteroatoms. The van der Waals surface area contributed by atoms with Crippen LogP contribution in [0.15, 0.2) is 18.2 Å². The van der Waals surface area contributed by atoms with Gasteiger partial charge in [0.1, 0.15) is 0 Å². The number of aryl methyl sites for hydroxylation is 1. The summed E-state index contributed by atoms with van der Waals surface area (Å²) in [5.74, 6) is -1.07. The summed E-state index contributed by atoms with van der Waals surface area (Å²) >= 11 is 11.8. The number of carbonyl (C=O) groups excluding carboxylic acids is 1. The van der Waals surface area contributed by atoms with E-state index in [1.165, 1.54) is 0 Å². The van der Waals surface area contributed by atoms with E-state index >= 15 is 0 Å². The molecule has 1 amide bonds. The van der Waals surface area contributed by atoms with Crippen molar-refractivity contribution in [2.45, 2.75) is 26.2 Å². The molecule has 0 saturated heterocycles. The van der Waals surface area contributed by atoms with Crippen LogP contribution >= 0.6 is 23.2 Å². The zero-order valence-corrected chi connectivity index (χ0v) is 12.7. The number of carbonyl (C=O) groups is 2. The van der Waals surface area contributed by atoms with Crippen LogP contribution < -0.4 is 5.32 Å². The van der Waals surface area contributed by atoms with Gasteiger partial charge in [-0.05, 0) is 30.0 Å². The molecule has 110 valence electrons. The molecule has 4 nitrogen and oxygen atoms in total. The lowest BCUT2D eigenvalue weighted by molar-refractivity contribution is -0.138. The highest BCUT2D eigenvalue weighted by Gasteiger charge is 2.10. The van der Waals surface area contributed by atoms with Crippen LogP contribution in [0.25, 0.3) is 0 Å². The van der Waals surface area contributed by atoms with E-state index < -0.39 is 5.97 Å². The maximum Gasteiger partial charge on any atom is 0.303 e. The van der Waals surface area contributed by atoms with Crippen molar-refractivity contribution in [1.82, 2.24) is 5.32 Å². The van der Waals surface area contributed by atoms with Gasteiger partial charge in [0.05, 0.1) is 0 Å². The molecule has 0 aromatic heterocycles. The molecule has 0 fully saturated rings. The Morgan fingerprint density at radius 1 is 1.35 bits per heavy atom. The molecular weight excluding hydrogens is 301 g/mol. The number of carboxylic acids is 1. The van der Waals surface area contributed by atoms with Gasteiger partial charge in [0.2, 0.25) is 5.91 Å². The topological polar surface area (TPSA) is 66.4 Å². The number of nitrogens with one attached hydrogen (secondary N) is 1. The SMILES string of the molecule is CC(CNC(=O)CCc1ccc(Cl)cc1Cl)CC(=O)O. The number of aliphatic carboxylic acids is 1. The summed E-state index contributed by atoms with van der Waals surface area (Å²) in [5, 5.41) is 12.4. The van der Waals surface area contributed by atoms with Crippen molar-refractivity contribution in [3.8, 4) is 0 Å². The smallest absolute Gasteiger partial charge is 0.303 e. The Balaban J connectivity index is 2.34. The average Bonchev–Trinajstić information content (AvgIpc) is 2.34. The Kier molecular flexibility index (Phi) is 6.82. The molecule has 0 bridgehead atoms. The number of carboxylic acid groups (broad SMARTS) is 1. The van der Waals surface area contributed by atoms with Crippen molar-refractivity contribution in [3.05, 3.63) is 33.8 Å². The Morgan fingerprint density at radius 2 is 2.05 bits per heavy atom. The molecule has 0 saturated carbocycles. The molecule has 1 aromatic carbocycles. The van der Waals surface area contributed by atoms with Gasteiger partial charge in [0.25, 0.3) is 0 Å². The van der Waals surface area contributed by atoms with Gasteiger partial charge in [-0.3, -0.25) is 9.59 Å². The fourth-order valence-corrected chi connectivity index (χ4v) is 2.22. The number of hydrogen-bond acceptors (Lipinski definition) is 2. The fraction of sp³-hybridized carbons (Fsp3) is 0.429. The number of amides is 1. The summed E-state index contributed by atoms with van der Waals surface area (Å²) in [6, 6.07) is 5.17. The maximum atomic E-state index is 11.7. The van der Waals surface area contributed by atoms with Gasteiger partial charge in [0, 0.05) is 29.4 Å². The van der Waals surface area contributed by atoms with Gasteiger partial charge < -0.3 is 10.4 Å². The van der Waals surface area contributed by atoms with Gasteiger partial charge in [-0.1, -0.05) is 36.2 Å². The quantitative estimate of drug-likeness (QED) is 0.811. The Bertz CT molecular complexity index is 491. The molecule has 0 radical (unpaired) electrons. The maximum absolute atomic E-state index is 11.7. The minimum Gasteiger partial charge on any atom is -0.481 e. The van der Waals surface area contributed by atoms with Gasteiger partial charge in [-0.2, -0.15) is 0 Å². The highest BCUT2D eigenvalue weighted by molar-refractivity contribution is 6.35. The third kappa shape index (κ3) is 6.26. The van der Waals surface area contributed by atoms with E-state index in [1.807, 2.05) is 0 Å². The van der Waals surface area contributed by atoms with Crippen LogP contribution in [0.1, 0.15) is 25.3 Å². The van der Waals surface area contributed by atoms with Crippen LogP contribution in [0.4, 0.5) is 0 Å². The molecule has 0 aliphatic carbocycles. The van der Waals surface area contributed by atoms with E-state index in [4.69, 9.17) is 28.3 Å². The van der Waals surface area contributed by atoms with E-state index in [9.17, 15) is 9.59 Å². The minimum absolute atomic E-state index is 0.0449. The monoisotopic (exact) mass is 317 g/mol. The highest BCUT2D eigenvalue weighted by Crippen LogP contribution is 2.21. The van der Waals surface area contributed by atoms with Crippen LogP contribution in [0.5, 0.6) is 0 Å². The predicted molar refractivity (Wildman–Crippen MR) is 79.2 cm³/mol. The summed E-state index contributed by atoms with van der Waals surface area (Å²) < 4.78 is 0. The predicted octanol–water partition coefficient (Wildman–Crippen LogP) is 3.15. The van der Waals surface area contributed by atoms with Crippen molar-refractivity contribution < 1.29 is 14.7 Å². The van der Waals surface area contributed by atoms with Gasteiger partial charge in [0.15, 0.2) is 0 Å². The summed E-state index contributed by atoms with van der Waals surface area (Å²) in [4.78, 5) is 22.1. The van der Waals surface area contributed by atoms with E-state index in [1.54, 1.807) is 25.1 Å². The molecule has 1 unspecified atom stereocenters. The van der Waals surface area contributed by atoms with E-state index in [0.29, 0.717) is 29.4 Å². The lowest BCUT2D eigenvalue weighted by Gasteiger charge is -2.10. The van der Waals surface area contributed by atoms with Gasteiger partial charge in [-0.15, -0.1) is 0 Å². The van der Waals surface area contributed by atoms with Crippen LogP contribution in [0, 0.1) is 5.92 Å². The molecule has 1 aromatic rings. The first-order valence-electron chi connectivity index (χ1n) is 6.31. The minimum atomic E-state index is -0.861. The number of halogens is 2. The van der Waals surface area contributed by atoms with Crippen LogP contribution in [-0.2, 0) is 16.0 Å².